The fourth-order valence-electron chi connectivity index (χ4n) is 4.09. The van der Waals surface area contributed by atoms with E-state index in [0.29, 0.717) is 22.8 Å². The molecule has 0 spiro atoms. The zero-order chi connectivity index (χ0) is 23.9. The monoisotopic (exact) mass is 439 g/mol. The second-order valence-corrected chi connectivity index (χ2v) is 10.0. The molecule has 4 rings (SSSR count). The summed E-state index contributed by atoms with van der Waals surface area (Å²) in [6.07, 6.45) is 2.68. The van der Waals surface area contributed by atoms with Crippen LogP contribution in [0.5, 0.6) is 5.75 Å². The first kappa shape index (κ1) is 24.1. The van der Waals surface area contributed by atoms with Gasteiger partial charge in [-0.1, -0.05) is 107 Å². The Morgan fingerprint density at radius 2 is 1.09 bits per heavy atom. The lowest BCUT2D eigenvalue weighted by atomic mass is 9.72. The minimum absolute atomic E-state index is 0.159. The average molecular weight is 440 g/mol. The van der Waals surface area contributed by atoms with Crippen molar-refractivity contribution in [2.24, 2.45) is 5.41 Å². The molecule has 0 bridgehead atoms. The molecule has 0 aliphatic carbocycles. The molecular weight excluding hydrogens is 406 g/mol. The van der Waals surface area contributed by atoms with Crippen molar-refractivity contribution in [2.45, 2.75) is 46.5 Å². The van der Waals surface area contributed by atoms with E-state index in [-0.39, 0.29) is 5.41 Å². The van der Waals surface area contributed by atoms with Crippen LogP contribution in [0.3, 0.4) is 0 Å². The number of aromatic hydroxyl groups is 1. The molecule has 1 heterocycles. The third kappa shape index (κ3) is 7.25. The maximum absolute atomic E-state index is 9.25. The molecule has 0 atom stereocenters. The van der Waals surface area contributed by atoms with Crippen molar-refractivity contribution in [3.05, 3.63) is 96.8 Å². The fourth-order valence-corrected chi connectivity index (χ4v) is 4.09. The fraction of sp³-hybridized carbons (Fsp3) is 0.276. The third-order valence-electron chi connectivity index (χ3n) is 5.26. The molecular formula is C29H33N3O. The van der Waals surface area contributed by atoms with E-state index in [0.717, 1.165) is 17.5 Å². The van der Waals surface area contributed by atoms with Gasteiger partial charge in [0.2, 0.25) is 0 Å². The van der Waals surface area contributed by atoms with E-state index in [1.54, 1.807) is 18.5 Å². The summed E-state index contributed by atoms with van der Waals surface area (Å²) in [5, 5.41) is 9.25. The zero-order valence-electron chi connectivity index (χ0n) is 20.2. The topological polar surface area (TPSA) is 58.9 Å². The highest BCUT2D eigenvalue weighted by Gasteiger charge is 2.26. The molecule has 0 saturated heterocycles. The summed E-state index contributed by atoms with van der Waals surface area (Å²) < 4.78 is 0. The van der Waals surface area contributed by atoms with Gasteiger partial charge in [0.15, 0.2) is 11.6 Å². The van der Waals surface area contributed by atoms with Crippen LogP contribution in [0.2, 0.25) is 0 Å². The smallest absolute Gasteiger partial charge is 0.163 e. The van der Waals surface area contributed by atoms with Crippen LogP contribution in [0, 0.1) is 5.41 Å². The third-order valence-corrected chi connectivity index (χ3v) is 5.26. The van der Waals surface area contributed by atoms with Gasteiger partial charge >= 0.3 is 0 Å². The normalized spacial score (nSPS) is 11.4. The van der Waals surface area contributed by atoms with Gasteiger partial charge < -0.3 is 5.11 Å². The van der Waals surface area contributed by atoms with Crippen LogP contribution in [-0.2, 0) is 5.41 Å². The van der Waals surface area contributed by atoms with Crippen LogP contribution in [-0.4, -0.2) is 20.1 Å². The predicted molar refractivity (Wildman–Crippen MR) is 136 cm³/mol. The van der Waals surface area contributed by atoms with E-state index >= 15 is 0 Å². The molecule has 1 aromatic heterocycles. The van der Waals surface area contributed by atoms with Crippen LogP contribution < -0.4 is 0 Å². The van der Waals surface area contributed by atoms with Crippen LogP contribution in [0.1, 0.15) is 46.6 Å². The van der Waals surface area contributed by atoms with Crippen molar-refractivity contribution in [1.82, 2.24) is 15.0 Å². The Bertz CT molecular complexity index is 1080. The molecule has 0 aliphatic heterocycles. The first-order valence-corrected chi connectivity index (χ1v) is 11.2. The predicted octanol–water partition coefficient (Wildman–Crippen LogP) is 7.31. The Morgan fingerprint density at radius 1 is 0.636 bits per heavy atom. The van der Waals surface area contributed by atoms with Crippen LogP contribution in [0.4, 0.5) is 0 Å². The molecule has 4 aromatic rings. The molecule has 0 saturated carbocycles. The minimum atomic E-state index is 0.159. The largest absolute Gasteiger partial charge is 0.508 e. The maximum atomic E-state index is 9.25. The molecule has 33 heavy (non-hydrogen) atoms. The van der Waals surface area contributed by atoms with Crippen molar-refractivity contribution in [2.75, 3.05) is 0 Å². The molecule has 0 unspecified atom stereocenters. The Labute approximate surface area is 197 Å². The van der Waals surface area contributed by atoms with Crippen molar-refractivity contribution in [1.29, 1.82) is 0 Å². The van der Waals surface area contributed by atoms with E-state index in [9.17, 15) is 5.11 Å². The molecule has 0 radical (unpaired) electrons. The quantitative estimate of drug-likeness (QED) is 0.362. The summed E-state index contributed by atoms with van der Waals surface area (Å²) >= 11 is 0. The summed E-state index contributed by atoms with van der Waals surface area (Å²) in [6, 6.07) is 27.4. The molecule has 4 nitrogen and oxygen atoms in total. The Kier molecular flexibility index (Phi) is 7.59. The number of hydrogen-bond donors (Lipinski definition) is 1. The number of nitrogens with zero attached hydrogens (tertiary/aromatic N) is 3. The number of hydrogen-bond acceptors (Lipinski definition) is 4. The van der Waals surface area contributed by atoms with Gasteiger partial charge in [0.05, 0.1) is 0 Å². The van der Waals surface area contributed by atoms with Gasteiger partial charge in [-0.3, -0.25) is 0 Å². The van der Waals surface area contributed by atoms with Crippen LogP contribution in [0.25, 0.3) is 22.8 Å². The zero-order valence-corrected chi connectivity index (χ0v) is 20.2. The van der Waals surface area contributed by atoms with E-state index in [1.165, 1.54) is 5.56 Å². The summed E-state index contributed by atoms with van der Waals surface area (Å²) in [5.41, 5.74) is 3.76. The number of benzene rings is 3. The van der Waals surface area contributed by atoms with Gasteiger partial charge in [0, 0.05) is 11.1 Å². The second-order valence-electron chi connectivity index (χ2n) is 10.0. The van der Waals surface area contributed by atoms with E-state index in [2.05, 4.69) is 49.6 Å². The van der Waals surface area contributed by atoms with E-state index in [1.807, 2.05) is 72.8 Å². The lowest BCUT2D eigenvalue weighted by molar-refractivity contribution is 0.284. The lowest BCUT2D eigenvalue weighted by Crippen LogP contribution is -2.24. The molecule has 0 aliphatic rings. The average Bonchev–Trinajstić information content (AvgIpc) is 2.80. The van der Waals surface area contributed by atoms with Crippen LogP contribution in [0.15, 0.2) is 91.3 Å². The SMILES string of the molecule is CC(C)(C)CC(C)(C)c1ccc(O)cc1.c1ccc(-c2ncnc(-c3ccccc3)n2)cc1. The number of rotatable bonds is 4. The number of phenolic OH excluding ortho intramolecular Hbond substituents is 1. The summed E-state index contributed by atoms with van der Waals surface area (Å²) in [6.45, 7) is 11.3. The first-order valence-electron chi connectivity index (χ1n) is 11.2. The Balaban J connectivity index is 0.000000190. The van der Waals surface area contributed by atoms with Crippen molar-refractivity contribution in [3.63, 3.8) is 0 Å². The van der Waals surface area contributed by atoms with E-state index < -0.39 is 0 Å². The standard InChI is InChI=1S/C15H11N3.C14H22O/c1-3-7-12(8-4-1)14-16-11-17-15(18-14)13-9-5-2-6-10-13;1-13(2,3)10-14(4,5)11-6-8-12(15)9-7-11/h1-11H;6-9,15H,10H2,1-5H3. The number of aromatic nitrogens is 3. The first-order chi connectivity index (χ1) is 15.6. The van der Waals surface area contributed by atoms with Gasteiger partial charge in [-0.2, -0.15) is 0 Å². The van der Waals surface area contributed by atoms with Gasteiger partial charge in [-0.15, -0.1) is 0 Å². The highest BCUT2D eigenvalue weighted by atomic mass is 16.3. The summed E-state index contributed by atoms with van der Waals surface area (Å²) in [5.74, 6) is 1.74. The summed E-state index contributed by atoms with van der Waals surface area (Å²) in [7, 11) is 0. The lowest BCUT2D eigenvalue weighted by Gasteiger charge is -2.33. The number of phenols is 1. The van der Waals surface area contributed by atoms with Crippen LogP contribution >= 0.6 is 0 Å². The molecule has 0 fully saturated rings. The summed E-state index contributed by atoms with van der Waals surface area (Å²) in [4.78, 5) is 12.9. The van der Waals surface area contributed by atoms with Gasteiger partial charge in [0.25, 0.3) is 0 Å². The van der Waals surface area contributed by atoms with Gasteiger partial charge in [0.1, 0.15) is 12.1 Å². The molecule has 3 aromatic carbocycles. The second kappa shape index (κ2) is 10.4. The van der Waals surface area contributed by atoms with Crippen molar-refractivity contribution >= 4 is 0 Å². The van der Waals surface area contributed by atoms with E-state index in [4.69, 9.17) is 0 Å². The van der Waals surface area contributed by atoms with Crippen molar-refractivity contribution < 1.29 is 5.11 Å². The maximum Gasteiger partial charge on any atom is 0.163 e. The van der Waals surface area contributed by atoms with Gasteiger partial charge in [-0.05, 0) is 34.9 Å². The van der Waals surface area contributed by atoms with Crippen molar-refractivity contribution in [3.8, 4) is 28.5 Å². The molecule has 170 valence electrons. The minimum Gasteiger partial charge on any atom is -0.508 e. The Morgan fingerprint density at radius 3 is 1.52 bits per heavy atom. The highest BCUT2D eigenvalue weighted by Crippen LogP contribution is 2.36. The van der Waals surface area contributed by atoms with Gasteiger partial charge in [-0.25, -0.2) is 15.0 Å². The molecule has 0 amide bonds. The Hall–Kier alpha value is -3.53. The molecule has 4 heteroatoms. The molecule has 1 N–H and O–H groups in total. The highest BCUT2D eigenvalue weighted by molar-refractivity contribution is 5.60.